The third-order valence-corrected chi connectivity index (χ3v) is 4.21. The topological polar surface area (TPSA) is 64.4 Å². The van der Waals surface area contributed by atoms with E-state index < -0.39 is 10.2 Å². The van der Waals surface area contributed by atoms with Gasteiger partial charge in [-0.15, -0.1) is 0 Å². The molecule has 0 aliphatic rings. The maximum Gasteiger partial charge on any atom is 0.282 e. The largest absolute Gasteiger partial charge is 0.282 e. The first kappa shape index (κ1) is 13.4. The van der Waals surface area contributed by atoms with E-state index in [-0.39, 0.29) is 12.6 Å². The van der Waals surface area contributed by atoms with E-state index in [1.54, 1.807) is 20.8 Å². The molecule has 0 aliphatic heterocycles. The van der Waals surface area contributed by atoms with Crippen molar-refractivity contribution in [2.24, 2.45) is 0 Å². The van der Waals surface area contributed by atoms with Crippen LogP contribution in [0.5, 0.6) is 0 Å². The minimum absolute atomic E-state index is 0.101. The Kier molecular flexibility index (Phi) is 5.05. The molecule has 0 aromatic rings. The summed E-state index contributed by atoms with van der Waals surface area (Å²) in [5.74, 6) is 0. The number of hydrogen-bond acceptors (Lipinski definition) is 3. The van der Waals surface area contributed by atoms with E-state index in [1.807, 2.05) is 6.07 Å². The van der Waals surface area contributed by atoms with Crippen LogP contribution in [0.25, 0.3) is 0 Å². The van der Waals surface area contributed by atoms with Gasteiger partial charge in [-0.2, -0.15) is 22.3 Å². The maximum atomic E-state index is 11.8. The Morgan fingerprint density at radius 1 is 1.43 bits per heavy atom. The van der Waals surface area contributed by atoms with Crippen molar-refractivity contribution in [1.29, 1.82) is 5.26 Å². The van der Waals surface area contributed by atoms with Gasteiger partial charge in [-0.3, -0.25) is 0 Å². The Bertz CT molecular complexity index is 305. The van der Waals surface area contributed by atoms with Gasteiger partial charge in [-0.1, -0.05) is 6.92 Å². The van der Waals surface area contributed by atoms with Crippen molar-refractivity contribution in [3.8, 4) is 6.07 Å². The van der Waals surface area contributed by atoms with Gasteiger partial charge in [-0.25, -0.2) is 0 Å². The second-order valence-electron chi connectivity index (χ2n) is 3.20. The van der Waals surface area contributed by atoms with Crippen LogP contribution in [0.2, 0.25) is 0 Å². The zero-order chi connectivity index (χ0) is 11.4. The van der Waals surface area contributed by atoms with Gasteiger partial charge in [0.1, 0.15) is 6.54 Å². The van der Waals surface area contributed by atoms with Crippen molar-refractivity contribution in [1.82, 2.24) is 8.61 Å². The number of hydrogen-bond donors (Lipinski definition) is 0. The first-order valence-electron chi connectivity index (χ1n) is 4.48. The summed E-state index contributed by atoms with van der Waals surface area (Å²) in [4.78, 5) is 0. The Morgan fingerprint density at radius 2 is 1.93 bits per heavy atom. The minimum Gasteiger partial charge on any atom is -0.197 e. The summed E-state index contributed by atoms with van der Waals surface area (Å²) in [6.07, 6.45) is 0. The first-order valence-corrected chi connectivity index (χ1v) is 5.87. The van der Waals surface area contributed by atoms with Crippen molar-refractivity contribution < 1.29 is 8.42 Å². The molecule has 0 bridgehead atoms. The summed E-state index contributed by atoms with van der Waals surface area (Å²) in [7, 11) is -1.95. The Hall–Kier alpha value is -0.640. The van der Waals surface area contributed by atoms with E-state index in [9.17, 15) is 8.42 Å². The molecule has 0 atom stereocenters. The van der Waals surface area contributed by atoms with Crippen LogP contribution < -0.4 is 0 Å². The van der Waals surface area contributed by atoms with Crippen LogP contribution >= 0.6 is 0 Å². The van der Waals surface area contributed by atoms with Gasteiger partial charge in [0.05, 0.1) is 6.07 Å². The van der Waals surface area contributed by atoms with Crippen LogP contribution in [-0.2, 0) is 10.2 Å². The minimum atomic E-state index is -3.47. The molecule has 0 saturated carbocycles. The summed E-state index contributed by atoms with van der Waals surface area (Å²) in [6, 6.07) is 1.73. The summed E-state index contributed by atoms with van der Waals surface area (Å²) < 4.78 is 26.0. The highest BCUT2D eigenvalue weighted by atomic mass is 32.2. The molecule has 82 valence electrons. The zero-order valence-electron chi connectivity index (χ0n) is 9.06. The summed E-state index contributed by atoms with van der Waals surface area (Å²) in [6.45, 7) is 5.50. The third-order valence-electron chi connectivity index (χ3n) is 2.02. The van der Waals surface area contributed by atoms with Crippen LogP contribution in [0, 0.1) is 11.3 Å². The lowest BCUT2D eigenvalue weighted by atomic mass is 10.4. The van der Waals surface area contributed by atoms with E-state index in [0.29, 0.717) is 6.54 Å². The third kappa shape index (κ3) is 2.94. The second-order valence-corrected chi connectivity index (χ2v) is 5.19. The fourth-order valence-electron chi connectivity index (χ4n) is 0.884. The van der Waals surface area contributed by atoms with Crippen molar-refractivity contribution in [3.05, 3.63) is 0 Å². The number of rotatable bonds is 5. The van der Waals surface area contributed by atoms with Crippen molar-refractivity contribution >= 4 is 10.2 Å². The number of nitrogens with zero attached hydrogens (tertiary/aromatic N) is 3. The van der Waals surface area contributed by atoms with Crippen molar-refractivity contribution in [3.63, 3.8) is 0 Å². The highest BCUT2D eigenvalue weighted by Crippen LogP contribution is 2.08. The SMILES string of the molecule is CCN(CC#N)S(=O)(=O)N(C)C(C)C. The Morgan fingerprint density at radius 3 is 2.21 bits per heavy atom. The molecule has 0 rings (SSSR count). The van der Waals surface area contributed by atoms with Crippen LogP contribution in [0.4, 0.5) is 0 Å². The average molecular weight is 219 g/mol. The molecule has 0 saturated heterocycles. The van der Waals surface area contributed by atoms with E-state index in [4.69, 9.17) is 5.26 Å². The fourth-order valence-corrected chi connectivity index (χ4v) is 2.33. The fraction of sp³-hybridized carbons (Fsp3) is 0.875. The first-order chi connectivity index (χ1) is 6.37. The highest BCUT2D eigenvalue weighted by molar-refractivity contribution is 7.86. The molecule has 0 aromatic heterocycles. The van der Waals surface area contributed by atoms with Gasteiger partial charge >= 0.3 is 0 Å². The van der Waals surface area contributed by atoms with Gasteiger partial charge in [0, 0.05) is 19.6 Å². The molecule has 0 N–H and O–H groups in total. The molecule has 0 unspecified atom stereocenters. The van der Waals surface area contributed by atoms with Gasteiger partial charge in [-0.05, 0) is 13.8 Å². The van der Waals surface area contributed by atoms with Crippen LogP contribution in [0.1, 0.15) is 20.8 Å². The lowest BCUT2D eigenvalue weighted by molar-refractivity contribution is 0.354. The second kappa shape index (κ2) is 5.29. The van der Waals surface area contributed by atoms with Crippen LogP contribution in [0.15, 0.2) is 0 Å². The van der Waals surface area contributed by atoms with Gasteiger partial charge in [0.15, 0.2) is 0 Å². The summed E-state index contributed by atoms with van der Waals surface area (Å²) in [5, 5.41) is 8.48. The molecule has 6 heteroatoms. The molecule has 0 radical (unpaired) electrons. The Labute approximate surface area is 86.1 Å². The normalized spacial score (nSPS) is 12.4. The van der Waals surface area contributed by atoms with E-state index in [1.165, 1.54) is 11.4 Å². The zero-order valence-corrected chi connectivity index (χ0v) is 9.87. The quantitative estimate of drug-likeness (QED) is 0.629. The molecule has 0 spiro atoms. The Balaban J connectivity index is 4.84. The van der Waals surface area contributed by atoms with Gasteiger partial charge < -0.3 is 0 Å². The predicted octanol–water partition coefficient (Wildman–Crippen LogP) is 0.417. The molecule has 0 aliphatic carbocycles. The summed E-state index contributed by atoms with van der Waals surface area (Å²) >= 11 is 0. The molecular weight excluding hydrogens is 202 g/mol. The highest BCUT2D eigenvalue weighted by Gasteiger charge is 2.26. The molecule has 0 heterocycles. The number of nitriles is 1. The smallest absolute Gasteiger partial charge is 0.197 e. The lowest BCUT2D eigenvalue weighted by Crippen LogP contribution is -2.44. The van der Waals surface area contributed by atoms with Crippen molar-refractivity contribution in [2.75, 3.05) is 20.1 Å². The van der Waals surface area contributed by atoms with Crippen molar-refractivity contribution in [2.45, 2.75) is 26.8 Å². The standard InChI is InChI=1S/C8H17N3O2S/c1-5-11(7-6-9)14(12,13)10(4)8(2)3/h8H,5,7H2,1-4H3. The molecular formula is C8H17N3O2S. The average Bonchev–Trinajstić information content (AvgIpc) is 2.12. The summed E-state index contributed by atoms with van der Waals surface area (Å²) in [5.41, 5.74) is 0. The molecule has 5 nitrogen and oxygen atoms in total. The maximum absolute atomic E-state index is 11.8. The molecule has 0 fully saturated rings. The van der Waals surface area contributed by atoms with E-state index >= 15 is 0 Å². The van der Waals surface area contributed by atoms with Gasteiger partial charge in [0.25, 0.3) is 10.2 Å². The molecule has 0 amide bonds. The van der Waals surface area contributed by atoms with Gasteiger partial charge in [0.2, 0.25) is 0 Å². The van der Waals surface area contributed by atoms with E-state index in [0.717, 1.165) is 4.31 Å². The van der Waals surface area contributed by atoms with Crippen LogP contribution in [0.3, 0.4) is 0 Å². The lowest BCUT2D eigenvalue weighted by Gasteiger charge is -2.27. The van der Waals surface area contributed by atoms with Crippen LogP contribution in [-0.4, -0.2) is 43.2 Å². The molecule has 14 heavy (non-hydrogen) atoms. The molecule has 0 aromatic carbocycles. The monoisotopic (exact) mass is 219 g/mol. The van der Waals surface area contributed by atoms with E-state index in [2.05, 4.69) is 0 Å². The predicted molar refractivity (Wildman–Crippen MR) is 54.7 cm³/mol.